The van der Waals surface area contributed by atoms with Crippen molar-refractivity contribution in [2.45, 2.75) is 78.2 Å². The number of rotatable bonds is 11. The van der Waals surface area contributed by atoms with Crippen molar-refractivity contribution in [2.75, 3.05) is 6.54 Å². The smallest absolute Gasteiger partial charge is 0.0221 e. The van der Waals surface area contributed by atoms with Gasteiger partial charge in [0.1, 0.15) is 0 Å². The Hall–Kier alpha value is -0.300. The van der Waals surface area contributed by atoms with Gasteiger partial charge in [0, 0.05) is 6.04 Å². The SMILES string of the molecule is CCCCC/C=C/C(C)NCCCCCC. The van der Waals surface area contributed by atoms with E-state index in [4.69, 9.17) is 0 Å². The van der Waals surface area contributed by atoms with Gasteiger partial charge in [0.25, 0.3) is 0 Å². The highest BCUT2D eigenvalue weighted by atomic mass is 14.9. The molecular formula is C15H31N. The summed E-state index contributed by atoms with van der Waals surface area (Å²) in [7, 11) is 0. The lowest BCUT2D eigenvalue weighted by atomic mass is 10.1. The zero-order chi connectivity index (χ0) is 12.1. The summed E-state index contributed by atoms with van der Waals surface area (Å²) in [5.74, 6) is 0. The Balaban J connectivity index is 3.25. The zero-order valence-corrected chi connectivity index (χ0v) is 11.6. The van der Waals surface area contributed by atoms with Crippen LogP contribution in [0.4, 0.5) is 0 Å². The Kier molecular flexibility index (Phi) is 12.5. The minimum atomic E-state index is 0.545. The maximum Gasteiger partial charge on any atom is 0.0221 e. The molecule has 0 aliphatic carbocycles. The Morgan fingerprint density at radius 3 is 2.31 bits per heavy atom. The van der Waals surface area contributed by atoms with Crippen molar-refractivity contribution >= 4 is 0 Å². The van der Waals surface area contributed by atoms with Crippen LogP contribution in [0.15, 0.2) is 12.2 Å². The minimum absolute atomic E-state index is 0.545. The maximum atomic E-state index is 3.55. The third-order valence-electron chi connectivity index (χ3n) is 2.90. The molecule has 0 rings (SSSR count). The van der Waals surface area contributed by atoms with Crippen LogP contribution in [0.1, 0.15) is 72.1 Å². The van der Waals surface area contributed by atoms with Gasteiger partial charge in [-0.25, -0.2) is 0 Å². The molecule has 0 saturated heterocycles. The first-order valence-corrected chi connectivity index (χ1v) is 7.21. The van der Waals surface area contributed by atoms with E-state index in [1.807, 2.05) is 0 Å². The highest BCUT2D eigenvalue weighted by Gasteiger charge is 1.94. The summed E-state index contributed by atoms with van der Waals surface area (Å²) in [6.07, 6.45) is 15.3. The zero-order valence-electron chi connectivity index (χ0n) is 11.6. The molecular weight excluding hydrogens is 194 g/mol. The largest absolute Gasteiger partial charge is 0.311 e. The summed E-state index contributed by atoms with van der Waals surface area (Å²) in [6, 6.07) is 0.545. The summed E-state index contributed by atoms with van der Waals surface area (Å²) in [5, 5.41) is 3.55. The molecule has 0 radical (unpaired) electrons. The van der Waals surface area contributed by atoms with Crippen molar-refractivity contribution in [3.8, 4) is 0 Å². The lowest BCUT2D eigenvalue weighted by molar-refractivity contribution is 0.570. The van der Waals surface area contributed by atoms with Gasteiger partial charge in [-0.05, 0) is 32.7 Å². The monoisotopic (exact) mass is 225 g/mol. The van der Waals surface area contributed by atoms with E-state index in [1.54, 1.807) is 0 Å². The highest BCUT2D eigenvalue weighted by molar-refractivity contribution is 4.90. The van der Waals surface area contributed by atoms with Crippen molar-refractivity contribution in [3.05, 3.63) is 12.2 Å². The van der Waals surface area contributed by atoms with E-state index in [2.05, 4.69) is 38.2 Å². The third kappa shape index (κ3) is 11.8. The lowest BCUT2D eigenvalue weighted by Crippen LogP contribution is -2.24. The van der Waals surface area contributed by atoms with E-state index in [-0.39, 0.29) is 0 Å². The molecule has 96 valence electrons. The molecule has 0 saturated carbocycles. The maximum absolute atomic E-state index is 3.55. The Labute approximate surface area is 103 Å². The van der Waals surface area contributed by atoms with E-state index in [0.717, 1.165) is 0 Å². The fourth-order valence-corrected chi connectivity index (χ4v) is 1.76. The molecule has 0 aliphatic rings. The van der Waals surface area contributed by atoms with E-state index in [1.165, 1.54) is 57.9 Å². The minimum Gasteiger partial charge on any atom is -0.311 e. The molecule has 1 N–H and O–H groups in total. The number of unbranched alkanes of at least 4 members (excludes halogenated alkanes) is 6. The number of hydrogen-bond donors (Lipinski definition) is 1. The molecule has 0 aromatic carbocycles. The number of hydrogen-bond acceptors (Lipinski definition) is 1. The van der Waals surface area contributed by atoms with Crippen LogP contribution in [-0.2, 0) is 0 Å². The number of allylic oxidation sites excluding steroid dienone is 1. The van der Waals surface area contributed by atoms with Gasteiger partial charge in [0.05, 0.1) is 0 Å². The van der Waals surface area contributed by atoms with Gasteiger partial charge in [0.15, 0.2) is 0 Å². The van der Waals surface area contributed by atoms with Gasteiger partial charge >= 0.3 is 0 Å². The molecule has 1 unspecified atom stereocenters. The second-order valence-corrected chi connectivity index (χ2v) is 4.73. The molecule has 1 atom stereocenters. The average Bonchev–Trinajstić information content (AvgIpc) is 2.28. The van der Waals surface area contributed by atoms with E-state index in [9.17, 15) is 0 Å². The molecule has 0 aliphatic heterocycles. The van der Waals surface area contributed by atoms with Crippen molar-refractivity contribution in [3.63, 3.8) is 0 Å². The van der Waals surface area contributed by atoms with Gasteiger partial charge in [-0.2, -0.15) is 0 Å². The fourth-order valence-electron chi connectivity index (χ4n) is 1.76. The molecule has 0 aromatic heterocycles. The Morgan fingerprint density at radius 1 is 0.938 bits per heavy atom. The molecule has 0 heterocycles. The molecule has 1 nitrogen and oxygen atoms in total. The second kappa shape index (κ2) is 12.8. The van der Waals surface area contributed by atoms with Gasteiger partial charge in [0.2, 0.25) is 0 Å². The van der Waals surface area contributed by atoms with Crippen LogP contribution in [-0.4, -0.2) is 12.6 Å². The van der Waals surface area contributed by atoms with Gasteiger partial charge in [-0.15, -0.1) is 0 Å². The van der Waals surface area contributed by atoms with E-state index in [0.29, 0.717) is 6.04 Å². The van der Waals surface area contributed by atoms with Crippen molar-refractivity contribution in [1.82, 2.24) is 5.32 Å². The van der Waals surface area contributed by atoms with Gasteiger partial charge < -0.3 is 5.32 Å². The predicted molar refractivity (Wildman–Crippen MR) is 74.9 cm³/mol. The molecule has 16 heavy (non-hydrogen) atoms. The van der Waals surface area contributed by atoms with Crippen LogP contribution in [0.25, 0.3) is 0 Å². The van der Waals surface area contributed by atoms with Crippen LogP contribution < -0.4 is 5.32 Å². The summed E-state index contributed by atoms with van der Waals surface area (Å²) in [6.45, 7) is 7.93. The molecule has 1 heteroatoms. The van der Waals surface area contributed by atoms with Crippen molar-refractivity contribution in [2.24, 2.45) is 0 Å². The number of nitrogens with one attached hydrogen (secondary N) is 1. The van der Waals surface area contributed by atoms with Crippen LogP contribution >= 0.6 is 0 Å². The van der Waals surface area contributed by atoms with Gasteiger partial charge in [-0.3, -0.25) is 0 Å². The third-order valence-corrected chi connectivity index (χ3v) is 2.90. The van der Waals surface area contributed by atoms with Gasteiger partial charge in [-0.1, -0.05) is 58.1 Å². The highest BCUT2D eigenvalue weighted by Crippen LogP contribution is 2.01. The summed E-state index contributed by atoms with van der Waals surface area (Å²) in [5.41, 5.74) is 0. The summed E-state index contributed by atoms with van der Waals surface area (Å²) < 4.78 is 0. The molecule has 0 fully saturated rings. The summed E-state index contributed by atoms with van der Waals surface area (Å²) >= 11 is 0. The first-order valence-electron chi connectivity index (χ1n) is 7.21. The van der Waals surface area contributed by atoms with Crippen molar-refractivity contribution < 1.29 is 0 Å². The topological polar surface area (TPSA) is 12.0 Å². The quantitative estimate of drug-likeness (QED) is 0.397. The molecule has 0 bridgehead atoms. The van der Waals surface area contributed by atoms with Crippen LogP contribution in [0.3, 0.4) is 0 Å². The molecule has 0 aromatic rings. The standard InChI is InChI=1S/C15H31N/c1-4-6-8-10-11-13-15(3)16-14-12-9-7-5-2/h11,13,15-16H,4-10,12,14H2,1-3H3/b13-11+. The molecule has 0 amide bonds. The van der Waals surface area contributed by atoms with Crippen LogP contribution in [0.5, 0.6) is 0 Å². The second-order valence-electron chi connectivity index (χ2n) is 4.73. The van der Waals surface area contributed by atoms with Crippen LogP contribution in [0.2, 0.25) is 0 Å². The first kappa shape index (κ1) is 15.7. The normalized spacial score (nSPS) is 13.4. The fraction of sp³-hybridized carbons (Fsp3) is 0.867. The average molecular weight is 225 g/mol. The lowest BCUT2D eigenvalue weighted by Gasteiger charge is -2.08. The Morgan fingerprint density at radius 2 is 1.62 bits per heavy atom. The first-order chi connectivity index (χ1) is 7.81. The van der Waals surface area contributed by atoms with Crippen LogP contribution in [0, 0.1) is 0 Å². The Bertz CT molecular complexity index is 152. The summed E-state index contributed by atoms with van der Waals surface area (Å²) in [4.78, 5) is 0. The van der Waals surface area contributed by atoms with E-state index >= 15 is 0 Å². The van der Waals surface area contributed by atoms with E-state index < -0.39 is 0 Å². The predicted octanol–water partition coefficient (Wildman–Crippen LogP) is 4.68. The molecule has 0 spiro atoms. The van der Waals surface area contributed by atoms with Crippen molar-refractivity contribution in [1.29, 1.82) is 0 Å².